The first-order valence-electron chi connectivity index (χ1n) is 16.1. The van der Waals surface area contributed by atoms with Crippen molar-refractivity contribution in [1.82, 2.24) is 5.32 Å². The van der Waals surface area contributed by atoms with Gasteiger partial charge in [-0.25, -0.2) is 0 Å². The van der Waals surface area contributed by atoms with E-state index in [0.29, 0.717) is 11.3 Å². The Labute approximate surface area is 296 Å². The van der Waals surface area contributed by atoms with E-state index >= 15 is 0 Å². The predicted molar refractivity (Wildman–Crippen MR) is 205 cm³/mol. The van der Waals surface area contributed by atoms with Crippen LogP contribution in [0.1, 0.15) is 26.7 Å². The van der Waals surface area contributed by atoms with Crippen LogP contribution in [0.5, 0.6) is 0 Å². The van der Waals surface area contributed by atoms with Gasteiger partial charge in [-0.2, -0.15) is 0 Å². The topological polar surface area (TPSA) is 90.5 Å². The molecule has 0 saturated carbocycles. The van der Waals surface area contributed by atoms with Crippen molar-refractivity contribution in [3.63, 3.8) is 0 Å². The minimum atomic E-state index is -0.530. The van der Waals surface area contributed by atoms with Crippen LogP contribution < -0.4 is 20.9 Å². The van der Waals surface area contributed by atoms with Crippen LogP contribution in [0.3, 0.4) is 0 Å². The molecule has 0 saturated heterocycles. The first kappa shape index (κ1) is 33.8. The van der Waals surface area contributed by atoms with E-state index in [1.807, 2.05) is 134 Å². The maximum Gasteiger partial charge on any atom is 0.272 e. The Morgan fingerprint density at radius 1 is 0.660 bits per heavy atom. The van der Waals surface area contributed by atoms with E-state index in [0.717, 1.165) is 38.2 Å². The van der Waals surface area contributed by atoms with E-state index < -0.39 is 17.1 Å². The number of hydrogen-bond donors (Lipinski definition) is 3. The van der Waals surface area contributed by atoms with Gasteiger partial charge in [-0.05, 0) is 77.2 Å². The van der Waals surface area contributed by atoms with Gasteiger partial charge in [0.2, 0.25) is 5.91 Å². The minimum absolute atomic E-state index is 0.101. The van der Waals surface area contributed by atoms with Gasteiger partial charge in [-0.15, -0.1) is 11.8 Å². The average molecular weight is 677 g/mol. The number of nitrogens with zero attached hydrogens (tertiary/aromatic N) is 1. The summed E-state index contributed by atoms with van der Waals surface area (Å²) >= 11 is 1.42. The SMILES string of the molecule is CN(C)c1ccc(/C=C(\NC(=O)c2ccccc2)C(=O)Nc2ccc(SC(C(=O)Nc3cccc4ccccc34)c3ccccc3)cc2)cc1. The van der Waals surface area contributed by atoms with Crippen LogP contribution >= 0.6 is 11.8 Å². The highest BCUT2D eigenvalue weighted by molar-refractivity contribution is 8.00. The molecule has 0 spiro atoms. The van der Waals surface area contributed by atoms with Crippen molar-refractivity contribution < 1.29 is 14.4 Å². The first-order valence-corrected chi connectivity index (χ1v) is 17.0. The fourth-order valence-corrected chi connectivity index (χ4v) is 6.39. The van der Waals surface area contributed by atoms with E-state index in [4.69, 9.17) is 0 Å². The number of benzene rings is 6. The summed E-state index contributed by atoms with van der Waals surface area (Å²) < 4.78 is 0. The molecular weight excluding hydrogens is 641 g/mol. The second-order valence-corrected chi connectivity index (χ2v) is 12.9. The molecule has 0 aliphatic rings. The Morgan fingerprint density at radius 3 is 2.00 bits per heavy atom. The van der Waals surface area contributed by atoms with Gasteiger partial charge in [0.1, 0.15) is 10.9 Å². The third-order valence-electron chi connectivity index (χ3n) is 8.00. The van der Waals surface area contributed by atoms with Gasteiger partial charge in [-0.1, -0.05) is 97.1 Å². The third kappa shape index (κ3) is 8.47. The summed E-state index contributed by atoms with van der Waals surface area (Å²) in [5, 5.41) is 10.3. The number of amides is 3. The molecule has 50 heavy (non-hydrogen) atoms. The third-order valence-corrected chi connectivity index (χ3v) is 9.27. The molecule has 8 heteroatoms. The number of carbonyl (C=O) groups is 3. The molecule has 0 aliphatic carbocycles. The van der Waals surface area contributed by atoms with Crippen molar-refractivity contribution >= 4 is 63.4 Å². The molecule has 0 fully saturated rings. The molecule has 0 heterocycles. The number of carbonyl (C=O) groups excluding carboxylic acids is 3. The Bertz CT molecular complexity index is 2130. The van der Waals surface area contributed by atoms with Gasteiger partial charge in [0.25, 0.3) is 11.8 Å². The van der Waals surface area contributed by atoms with Crippen molar-refractivity contribution in [2.75, 3.05) is 29.6 Å². The Morgan fingerprint density at radius 2 is 1.30 bits per heavy atom. The number of fused-ring (bicyclic) bond motifs is 1. The smallest absolute Gasteiger partial charge is 0.272 e. The van der Waals surface area contributed by atoms with Gasteiger partial charge >= 0.3 is 0 Å². The van der Waals surface area contributed by atoms with Crippen molar-refractivity contribution in [1.29, 1.82) is 0 Å². The largest absolute Gasteiger partial charge is 0.378 e. The van der Waals surface area contributed by atoms with Gasteiger partial charge in [0.15, 0.2) is 0 Å². The Balaban J connectivity index is 1.20. The second-order valence-electron chi connectivity index (χ2n) is 11.8. The van der Waals surface area contributed by atoms with Gasteiger partial charge in [0.05, 0.1) is 0 Å². The van der Waals surface area contributed by atoms with Crippen LogP contribution in [-0.2, 0) is 9.59 Å². The summed E-state index contributed by atoms with van der Waals surface area (Å²) in [6.45, 7) is 0. The summed E-state index contributed by atoms with van der Waals surface area (Å²) in [5.41, 5.74) is 4.48. The zero-order valence-electron chi connectivity index (χ0n) is 27.7. The standard InChI is InChI=1S/C42H36N4O3S/c1-46(2)34-24-20-29(21-25-34)28-38(45-40(47)32-15-7-4-8-16-32)41(48)43-33-22-26-35(27-23-33)50-39(31-13-5-3-6-14-31)42(49)44-37-19-11-17-30-12-9-10-18-36(30)37/h3-28,39H,1-2H3,(H,43,48)(H,44,49)(H,45,47)/b38-28-. The molecule has 248 valence electrons. The van der Waals surface area contributed by atoms with Crippen molar-refractivity contribution in [2.45, 2.75) is 10.1 Å². The molecule has 0 aliphatic heterocycles. The number of nitrogens with one attached hydrogen (secondary N) is 3. The number of thioether (sulfide) groups is 1. The van der Waals surface area contributed by atoms with E-state index in [1.165, 1.54) is 11.8 Å². The van der Waals surface area contributed by atoms with Crippen molar-refractivity contribution in [3.8, 4) is 0 Å². The van der Waals surface area contributed by atoms with Gasteiger partial charge in [0, 0.05) is 47.0 Å². The van der Waals surface area contributed by atoms with E-state index in [9.17, 15) is 14.4 Å². The second kappa shape index (κ2) is 15.9. The lowest BCUT2D eigenvalue weighted by Crippen LogP contribution is -2.30. The highest BCUT2D eigenvalue weighted by Crippen LogP contribution is 2.37. The van der Waals surface area contributed by atoms with Crippen LogP contribution in [0.2, 0.25) is 0 Å². The zero-order chi connectivity index (χ0) is 34.9. The maximum atomic E-state index is 13.8. The molecule has 3 amide bonds. The first-order chi connectivity index (χ1) is 24.3. The minimum Gasteiger partial charge on any atom is -0.378 e. The molecule has 0 aromatic heterocycles. The van der Waals surface area contributed by atoms with Crippen LogP contribution in [0.15, 0.2) is 162 Å². The summed E-state index contributed by atoms with van der Waals surface area (Å²) in [6, 6.07) is 47.2. The van der Waals surface area contributed by atoms with Crippen LogP contribution in [0.4, 0.5) is 17.1 Å². The summed E-state index contributed by atoms with van der Waals surface area (Å²) in [7, 11) is 3.91. The normalized spacial score (nSPS) is 11.8. The fraction of sp³-hybridized carbons (Fsp3) is 0.0714. The van der Waals surface area contributed by atoms with Crippen molar-refractivity contribution in [3.05, 3.63) is 174 Å². The summed E-state index contributed by atoms with van der Waals surface area (Å²) in [5.74, 6) is -1.00. The Hall–Kier alpha value is -6.12. The maximum absolute atomic E-state index is 13.8. The molecule has 6 rings (SSSR count). The van der Waals surface area contributed by atoms with Crippen LogP contribution in [0, 0.1) is 0 Å². The lowest BCUT2D eigenvalue weighted by molar-refractivity contribution is -0.116. The molecule has 0 radical (unpaired) electrons. The predicted octanol–water partition coefficient (Wildman–Crippen LogP) is 8.79. The Kier molecular flexibility index (Phi) is 10.7. The van der Waals surface area contributed by atoms with Gasteiger partial charge in [-0.3, -0.25) is 14.4 Å². The van der Waals surface area contributed by atoms with E-state index in [2.05, 4.69) is 16.0 Å². The summed E-state index contributed by atoms with van der Waals surface area (Å²) in [6.07, 6.45) is 1.65. The van der Waals surface area contributed by atoms with E-state index in [-0.39, 0.29) is 11.6 Å². The van der Waals surface area contributed by atoms with Crippen LogP contribution in [-0.4, -0.2) is 31.8 Å². The highest BCUT2D eigenvalue weighted by Gasteiger charge is 2.23. The molecular formula is C42H36N4O3S. The molecule has 1 unspecified atom stereocenters. The summed E-state index contributed by atoms with van der Waals surface area (Å²) in [4.78, 5) is 43.3. The highest BCUT2D eigenvalue weighted by atomic mass is 32.2. The molecule has 7 nitrogen and oxygen atoms in total. The molecule has 6 aromatic rings. The average Bonchev–Trinajstić information content (AvgIpc) is 3.15. The number of anilines is 3. The molecule has 3 N–H and O–H groups in total. The lowest BCUT2D eigenvalue weighted by atomic mass is 10.1. The molecule has 0 bridgehead atoms. The van der Waals surface area contributed by atoms with E-state index in [1.54, 1.807) is 42.5 Å². The number of rotatable bonds is 11. The quantitative estimate of drug-likeness (QED) is 0.0943. The number of hydrogen-bond acceptors (Lipinski definition) is 5. The zero-order valence-corrected chi connectivity index (χ0v) is 28.5. The van der Waals surface area contributed by atoms with Gasteiger partial charge < -0.3 is 20.9 Å². The molecule has 1 atom stereocenters. The van der Waals surface area contributed by atoms with Crippen LogP contribution in [0.25, 0.3) is 16.8 Å². The lowest BCUT2D eigenvalue weighted by Gasteiger charge is -2.18. The fourth-order valence-electron chi connectivity index (χ4n) is 5.36. The monoisotopic (exact) mass is 676 g/mol. The van der Waals surface area contributed by atoms with Crippen molar-refractivity contribution in [2.24, 2.45) is 0 Å². The molecule has 6 aromatic carbocycles.